The van der Waals surface area contributed by atoms with E-state index in [2.05, 4.69) is 28.4 Å². The van der Waals surface area contributed by atoms with E-state index in [-0.39, 0.29) is 11.7 Å². The number of carbonyl (C=O) groups is 1. The van der Waals surface area contributed by atoms with E-state index >= 15 is 0 Å². The van der Waals surface area contributed by atoms with E-state index in [1.54, 1.807) is 23.9 Å². The summed E-state index contributed by atoms with van der Waals surface area (Å²) in [4.78, 5) is 16.5. The normalized spacial score (nSPS) is 14.3. The number of rotatable bonds is 3. The van der Waals surface area contributed by atoms with Gasteiger partial charge in [-0.15, -0.1) is 23.1 Å². The minimum atomic E-state index is -0.211. The highest BCUT2D eigenvalue weighted by molar-refractivity contribution is 7.98. The standard InChI is InChI=1S/C19H17FN2OS2/c1-24-13-6-7-16-14(10-13)17-18(25-16)19(23)21-8-9-22(17)11-12-4-2-3-5-15(12)20/h2-7,10H,8-9,11H2,1H3,(H,21,23). The Bertz CT molecular complexity index is 954. The summed E-state index contributed by atoms with van der Waals surface area (Å²) in [6, 6.07) is 13.1. The highest BCUT2D eigenvalue weighted by atomic mass is 32.2. The van der Waals surface area contributed by atoms with Crippen molar-refractivity contribution in [3.8, 4) is 0 Å². The van der Waals surface area contributed by atoms with Gasteiger partial charge in [0.05, 0.1) is 5.69 Å². The Hall–Kier alpha value is -2.05. The molecule has 3 nitrogen and oxygen atoms in total. The van der Waals surface area contributed by atoms with Crippen molar-refractivity contribution < 1.29 is 9.18 Å². The summed E-state index contributed by atoms with van der Waals surface area (Å²) in [5.41, 5.74) is 1.57. The van der Waals surface area contributed by atoms with Gasteiger partial charge >= 0.3 is 0 Å². The molecule has 1 aromatic heterocycles. The van der Waals surface area contributed by atoms with E-state index in [4.69, 9.17) is 0 Å². The number of anilines is 1. The van der Waals surface area contributed by atoms with Crippen molar-refractivity contribution >= 4 is 44.8 Å². The maximum atomic E-state index is 14.1. The first-order valence-electron chi connectivity index (χ1n) is 8.04. The molecule has 128 valence electrons. The van der Waals surface area contributed by atoms with Gasteiger partial charge in [-0.1, -0.05) is 18.2 Å². The Labute approximate surface area is 153 Å². The summed E-state index contributed by atoms with van der Waals surface area (Å²) >= 11 is 3.18. The first-order chi connectivity index (χ1) is 12.2. The zero-order valence-electron chi connectivity index (χ0n) is 13.7. The van der Waals surface area contributed by atoms with E-state index in [0.29, 0.717) is 30.1 Å². The number of hydrogen-bond acceptors (Lipinski definition) is 4. The minimum absolute atomic E-state index is 0.0436. The molecule has 0 saturated carbocycles. The van der Waals surface area contributed by atoms with Crippen molar-refractivity contribution in [2.75, 3.05) is 24.2 Å². The largest absolute Gasteiger partial charge is 0.363 e. The Morgan fingerprint density at radius 2 is 2.12 bits per heavy atom. The van der Waals surface area contributed by atoms with Gasteiger partial charge in [0.15, 0.2) is 0 Å². The molecule has 0 aliphatic carbocycles. The van der Waals surface area contributed by atoms with Gasteiger partial charge in [0, 0.05) is 40.2 Å². The molecule has 0 spiro atoms. The van der Waals surface area contributed by atoms with Gasteiger partial charge in [-0.3, -0.25) is 4.79 Å². The van der Waals surface area contributed by atoms with Gasteiger partial charge in [-0.05, 0) is 30.5 Å². The molecule has 2 heterocycles. The van der Waals surface area contributed by atoms with Gasteiger partial charge in [-0.2, -0.15) is 0 Å². The van der Waals surface area contributed by atoms with E-state index in [1.165, 1.54) is 17.4 Å². The second kappa shape index (κ2) is 6.69. The monoisotopic (exact) mass is 372 g/mol. The second-order valence-corrected chi connectivity index (χ2v) is 7.84. The maximum absolute atomic E-state index is 14.1. The van der Waals surface area contributed by atoms with Crippen molar-refractivity contribution in [2.24, 2.45) is 0 Å². The molecular formula is C19H17FN2OS2. The van der Waals surface area contributed by atoms with Crippen molar-refractivity contribution in [1.82, 2.24) is 5.32 Å². The van der Waals surface area contributed by atoms with Gasteiger partial charge in [0.25, 0.3) is 5.91 Å². The number of carbonyl (C=O) groups excluding carboxylic acids is 1. The Kier molecular flexibility index (Phi) is 4.39. The van der Waals surface area contributed by atoms with Crippen LogP contribution in [0.5, 0.6) is 0 Å². The van der Waals surface area contributed by atoms with Crippen LogP contribution < -0.4 is 10.2 Å². The predicted molar refractivity (Wildman–Crippen MR) is 103 cm³/mol. The van der Waals surface area contributed by atoms with E-state index in [9.17, 15) is 9.18 Å². The molecule has 1 aliphatic heterocycles. The average Bonchev–Trinajstić information content (AvgIpc) is 2.93. The molecule has 0 unspecified atom stereocenters. The number of benzene rings is 2. The molecule has 1 N–H and O–H groups in total. The number of thiophene rings is 1. The number of fused-ring (bicyclic) bond motifs is 3. The minimum Gasteiger partial charge on any atom is -0.363 e. The summed E-state index contributed by atoms with van der Waals surface area (Å²) in [7, 11) is 0. The molecule has 0 saturated heterocycles. The van der Waals surface area contributed by atoms with Gasteiger partial charge in [0.2, 0.25) is 0 Å². The molecule has 3 aromatic rings. The van der Waals surface area contributed by atoms with Crippen LogP contribution in [0.25, 0.3) is 10.1 Å². The lowest BCUT2D eigenvalue weighted by Gasteiger charge is -2.23. The summed E-state index contributed by atoms with van der Waals surface area (Å²) < 4.78 is 15.2. The number of thioether (sulfide) groups is 1. The highest BCUT2D eigenvalue weighted by Crippen LogP contribution is 2.41. The topological polar surface area (TPSA) is 32.3 Å². The maximum Gasteiger partial charge on any atom is 0.263 e. The quantitative estimate of drug-likeness (QED) is 0.687. The zero-order valence-corrected chi connectivity index (χ0v) is 15.3. The lowest BCUT2D eigenvalue weighted by Crippen LogP contribution is -2.30. The molecule has 0 atom stereocenters. The molecule has 6 heteroatoms. The number of nitrogens with one attached hydrogen (secondary N) is 1. The molecule has 1 amide bonds. The molecule has 4 rings (SSSR count). The SMILES string of the molecule is CSc1ccc2sc3c(c2c1)N(Cc1ccccc1F)CCNC3=O. The molecule has 0 radical (unpaired) electrons. The van der Waals surface area contributed by atoms with Gasteiger partial charge in [-0.25, -0.2) is 4.39 Å². The van der Waals surface area contributed by atoms with Crippen LogP contribution >= 0.6 is 23.1 Å². The highest BCUT2D eigenvalue weighted by Gasteiger charge is 2.26. The van der Waals surface area contributed by atoms with Gasteiger partial charge in [0.1, 0.15) is 10.7 Å². The molecule has 1 aliphatic rings. The van der Waals surface area contributed by atoms with Crippen LogP contribution in [0.15, 0.2) is 47.4 Å². The van der Waals surface area contributed by atoms with Crippen LogP contribution in [0.3, 0.4) is 0 Å². The van der Waals surface area contributed by atoms with E-state index in [1.807, 2.05) is 12.3 Å². The summed E-state index contributed by atoms with van der Waals surface area (Å²) in [6.07, 6.45) is 2.04. The van der Waals surface area contributed by atoms with Gasteiger partial charge < -0.3 is 10.2 Å². The predicted octanol–water partition coefficient (Wildman–Crippen LogP) is 4.51. The molecule has 0 fully saturated rings. The Morgan fingerprint density at radius 1 is 1.28 bits per heavy atom. The summed E-state index contributed by atoms with van der Waals surface area (Å²) in [5, 5.41) is 4.02. The number of amides is 1. The number of hydrogen-bond donors (Lipinski definition) is 1. The Balaban J connectivity index is 1.86. The van der Waals surface area contributed by atoms with Crippen LogP contribution in [-0.2, 0) is 6.54 Å². The third-order valence-electron chi connectivity index (χ3n) is 4.38. The fourth-order valence-corrected chi connectivity index (χ4v) is 4.71. The first-order valence-corrected chi connectivity index (χ1v) is 10.1. The second-order valence-electron chi connectivity index (χ2n) is 5.91. The fraction of sp³-hybridized carbons (Fsp3) is 0.211. The van der Waals surface area contributed by atoms with Crippen LogP contribution in [0.1, 0.15) is 15.2 Å². The van der Waals surface area contributed by atoms with Crippen LogP contribution in [-0.4, -0.2) is 25.3 Å². The number of nitrogens with zero attached hydrogens (tertiary/aromatic N) is 1. The fourth-order valence-electron chi connectivity index (χ4n) is 3.15. The Morgan fingerprint density at radius 3 is 2.92 bits per heavy atom. The lowest BCUT2D eigenvalue weighted by molar-refractivity contribution is 0.0962. The average molecular weight is 372 g/mol. The number of halogens is 1. The van der Waals surface area contributed by atoms with Crippen LogP contribution in [0.4, 0.5) is 10.1 Å². The summed E-state index contributed by atoms with van der Waals surface area (Å²) in [5.74, 6) is -0.255. The third kappa shape index (κ3) is 3.00. The summed E-state index contributed by atoms with van der Waals surface area (Å²) in [6.45, 7) is 1.66. The van der Waals surface area contributed by atoms with Crippen LogP contribution in [0, 0.1) is 5.82 Å². The lowest BCUT2D eigenvalue weighted by atomic mass is 10.1. The van der Waals surface area contributed by atoms with E-state index in [0.717, 1.165) is 20.7 Å². The van der Waals surface area contributed by atoms with Crippen molar-refractivity contribution in [2.45, 2.75) is 11.4 Å². The van der Waals surface area contributed by atoms with Crippen molar-refractivity contribution in [3.63, 3.8) is 0 Å². The first kappa shape index (κ1) is 16.4. The zero-order chi connectivity index (χ0) is 17.4. The van der Waals surface area contributed by atoms with Crippen LogP contribution in [0.2, 0.25) is 0 Å². The van der Waals surface area contributed by atoms with Crippen molar-refractivity contribution in [3.05, 3.63) is 58.7 Å². The molecule has 25 heavy (non-hydrogen) atoms. The molecule has 0 bridgehead atoms. The molecular weight excluding hydrogens is 355 g/mol. The van der Waals surface area contributed by atoms with Crippen molar-refractivity contribution in [1.29, 1.82) is 0 Å². The smallest absolute Gasteiger partial charge is 0.263 e. The molecule has 2 aromatic carbocycles. The third-order valence-corrected chi connectivity index (χ3v) is 6.26. The van der Waals surface area contributed by atoms with E-state index < -0.39 is 0 Å².